The Morgan fingerprint density at radius 2 is 2.00 bits per heavy atom. The van der Waals surface area contributed by atoms with Crippen LogP contribution in [-0.4, -0.2) is 17.0 Å². The van der Waals surface area contributed by atoms with Crippen molar-refractivity contribution in [3.05, 3.63) is 0 Å². The molecule has 96 valence electrons. The maximum atomic E-state index is 5.65. The van der Waals surface area contributed by atoms with Gasteiger partial charge in [0.2, 0.25) is 0 Å². The molecule has 3 heteroatoms. The van der Waals surface area contributed by atoms with Crippen molar-refractivity contribution in [2.75, 3.05) is 5.75 Å². The number of unbranched alkanes of at least 4 members (excludes halogenated alkanes) is 5. The van der Waals surface area contributed by atoms with Crippen LogP contribution in [0.15, 0.2) is 0 Å². The van der Waals surface area contributed by atoms with E-state index in [9.17, 15) is 0 Å². The molecule has 0 saturated carbocycles. The molecule has 0 bridgehead atoms. The molecule has 0 aromatic heterocycles. The van der Waals surface area contributed by atoms with E-state index in [1.807, 2.05) is 0 Å². The highest BCUT2D eigenvalue weighted by Crippen LogP contribution is 2.30. The summed E-state index contributed by atoms with van der Waals surface area (Å²) in [5.41, 5.74) is 3.03. The van der Waals surface area contributed by atoms with Crippen molar-refractivity contribution >= 4 is 11.8 Å². The standard InChI is InChI=1S/C13H28N2S/c1-2-3-4-5-6-7-9-12(15-14)13-10-8-11-16-13/h12-13,15H,2-11,14H2,1H3. The van der Waals surface area contributed by atoms with Crippen molar-refractivity contribution in [3.8, 4) is 0 Å². The molecular formula is C13H28N2S. The lowest BCUT2D eigenvalue weighted by Gasteiger charge is -2.21. The quantitative estimate of drug-likeness (QED) is 0.370. The van der Waals surface area contributed by atoms with Crippen molar-refractivity contribution in [2.24, 2.45) is 5.84 Å². The van der Waals surface area contributed by atoms with Gasteiger partial charge in [-0.15, -0.1) is 0 Å². The average molecular weight is 244 g/mol. The highest BCUT2D eigenvalue weighted by Gasteiger charge is 2.23. The zero-order valence-corrected chi connectivity index (χ0v) is 11.5. The summed E-state index contributed by atoms with van der Waals surface area (Å²) in [5.74, 6) is 6.98. The van der Waals surface area contributed by atoms with Gasteiger partial charge in [-0.1, -0.05) is 45.4 Å². The molecule has 0 aliphatic carbocycles. The van der Waals surface area contributed by atoms with Crippen LogP contribution in [-0.2, 0) is 0 Å². The van der Waals surface area contributed by atoms with E-state index in [4.69, 9.17) is 5.84 Å². The van der Waals surface area contributed by atoms with Gasteiger partial charge in [0.1, 0.15) is 0 Å². The van der Waals surface area contributed by atoms with Crippen LogP contribution in [0.5, 0.6) is 0 Å². The van der Waals surface area contributed by atoms with Gasteiger partial charge in [0.15, 0.2) is 0 Å². The Morgan fingerprint density at radius 1 is 1.25 bits per heavy atom. The fourth-order valence-electron chi connectivity index (χ4n) is 2.44. The number of hydrazine groups is 1. The molecule has 0 spiro atoms. The number of hydrogen-bond acceptors (Lipinski definition) is 3. The van der Waals surface area contributed by atoms with Gasteiger partial charge in [-0.2, -0.15) is 11.8 Å². The molecule has 1 heterocycles. The second-order valence-corrected chi connectivity index (χ2v) is 6.23. The fourth-order valence-corrected chi connectivity index (χ4v) is 3.86. The molecule has 0 aromatic carbocycles. The Labute approximate surface area is 105 Å². The third-order valence-electron chi connectivity index (χ3n) is 3.50. The summed E-state index contributed by atoms with van der Waals surface area (Å²) in [5, 5.41) is 0.778. The van der Waals surface area contributed by atoms with Crippen LogP contribution < -0.4 is 11.3 Å². The van der Waals surface area contributed by atoms with Crippen LogP contribution >= 0.6 is 11.8 Å². The summed E-state index contributed by atoms with van der Waals surface area (Å²) in [4.78, 5) is 0. The zero-order valence-electron chi connectivity index (χ0n) is 10.7. The first kappa shape index (κ1) is 14.3. The van der Waals surface area contributed by atoms with Crippen molar-refractivity contribution in [2.45, 2.75) is 76.0 Å². The predicted molar refractivity (Wildman–Crippen MR) is 74.6 cm³/mol. The van der Waals surface area contributed by atoms with E-state index in [2.05, 4.69) is 24.1 Å². The lowest BCUT2D eigenvalue weighted by molar-refractivity contribution is 0.443. The molecule has 16 heavy (non-hydrogen) atoms. The summed E-state index contributed by atoms with van der Waals surface area (Å²) in [6.07, 6.45) is 12.3. The fraction of sp³-hybridized carbons (Fsp3) is 1.00. The molecule has 2 nitrogen and oxygen atoms in total. The Morgan fingerprint density at radius 3 is 2.62 bits per heavy atom. The molecule has 0 radical (unpaired) electrons. The first-order chi connectivity index (χ1) is 7.88. The van der Waals surface area contributed by atoms with Gasteiger partial charge in [-0.3, -0.25) is 11.3 Å². The second kappa shape index (κ2) is 9.32. The monoisotopic (exact) mass is 244 g/mol. The van der Waals surface area contributed by atoms with Crippen molar-refractivity contribution < 1.29 is 0 Å². The van der Waals surface area contributed by atoms with Crippen molar-refractivity contribution in [1.29, 1.82) is 0 Å². The molecule has 3 N–H and O–H groups in total. The van der Waals surface area contributed by atoms with Gasteiger partial charge in [-0.25, -0.2) is 0 Å². The Hall–Kier alpha value is 0.270. The molecule has 1 fully saturated rings. The van der Waals surface area contributed by atoms with Gasteiger partial charge < -0.3 is 0 Å². The summed E-state index contributed by atoms with van der Waals surface area (Å²) in [6.45, 7) is 2.27. The Bertz CT molecular complexity index is 158. The zero-order chi connectivity index (χ0) is 11.6. The van der Waals surface area contributed by atoms with E-state index in [0.717, 1.165) is 5.25 Å². The maximum absolute atomic E-state index is 5.65. The van der Waals surface area contributed by atoms with E-state index in [0.29, 0.717) is 6.04 Å². The van der Waals surface area contributed by atoms with Crippen LogP contribution in [0, 0.1) is 0 Å². The predicted octanol–water partition coefficient (Wildman–Crippen LogP) is 3.46. The SMILES string of the molecule is CCCCCCCCC(NN)C1CCCS1. The lowest BCUT2D eigenvalue weighted by atomic mass is 10.0. The van der Waals surface area contributed by atoms with Gasteiger partial charge in [0, 0.05) is 11.3 Å². The Balaban J connectivity index is 2.00. The van der Waals surface area contributed by atoms with E-state index in [1.165, 1.54) is 63.5 Å². The second-order valence-electron chi connectivity index (χ2n) is 4.88. The minimum atomic E-state index is 0.554. The third kappa shape index (κ3) is 5.55. The normalized spacial score (nSPS) is 22.5. The molecule has 0 amide bonds. The molecule has 1 saturated heterocycles. The summed E-state index contributed by atoms with van der Waals surface area (Å²) in [7, 11) is 0. The van der Waals surface area contributed by atoms with Crippen LogP contribution in [0.3, 0.4) is 0 Å². The smallest absolute Gasteiger partial charge is 0.0329 e. The van der Waals surface area contributed by atoms with Gasteiger partial charge in [-0.05, 0) is 25.0 Å². The first-order valence-corrected chi connectivity index (χ1v) is 8.01. The largest absolute Gasteiger partial charge is 0.271 e. The van der Waals surface area contributed by atoms with E-state index < -0.39 is 0 Å². The number of nitrogens with one attached hydrogen (secondary N) is 1. The van der Waals surface area contributed by atoms with Crippen molar-refractivity contribution in [3.63, 3.8) is 0 Å². The van der Waals surface area contributed by atoms with Crippen LogP contribution in [0.25, 0.3) is 0 Å². The van der Waals surface area contributed by atoms with Crippen LogP contribution in [0.1, 0.15) is 64.7 Å². The number of rotatable bonds is 9. The number of nitrogens with two attached hydrogens (primary N) is 1. The molecular weight excluding hydrogens is 216 g/mol. The van der Waals surface area contributed by atoms with Crippen LogP contribution in [0.4, 0.5) is 0 Å². The summed E-state index contributed by atoms with van der Waals surface area (Å²) < 4.78 is 0. The van der Waals surface area contributed by atoms with Gasteiger partial charge >= 0.3 is 0 Å². The summed E-state index contributed by atoms with van der Waals surface area (Å²) >= 11 is 2.10. The molecule has 0 aromatic rings. The molecule has 2 atom stereocenters. The molecule has 1 rings (SSSR count). The van der Waals surface area contributed by atoms with E-state index in [-0.39, 0.29) is 0 Å². The molecule has 1 aliphatic heterocycles. The molecule has 1 aliphatic rings. The van der Waals surface area contributed by atoms with Crippen molar-refractivity contribution in [1.82, 2.24) is 5.43 Å². The number of hydrogen-bond donors (Lipinski definition) is 2. The Kier molecular flexibility index (Phi) is 8.34. The highest BCUT2D eigenvalue weighted by molar-refractivity contribution is 8.00. The van der Waals surface area contributed by atoms with E-state index >= 15 is 0 Å². The van der Waals surface area contributed by atoms with Gasteiger partial charge in [0.25, 0.3) is 0 Å². The third-order valence-corrected chi connectivity index (χ3v) is 5.01. The number of thioether (sulfide) groups is 1. The minimum Gasteiger partial charge on any atom is -0.271 e. The van der Waals surface area contributed by atoms with E-state index in [1.54, 1.807) is 0 Å². The maximum Gasteiger partial charge on any atom is 0.0329 e. The average Bonchev–Trinajstić information content (AvgIpc) is 2.82. The van der Waals surface area contributed by atoms with Gasteiger partial charge in [0.05, 0.1) is 0 Å². The summed E-state index contributed by atoms with van der Waals surface area (Å²) in [6, 6.07) is 0.554. The lowest BCUT2D eigenvalue weighted by Crippen LogP contribution is -2.41. The molecule has 2 unspecified atom stereocenters. The minimum absolute atomic E-state index is 0.554. The highest BCUT2D eigenvalue weighted by atomic mass is 32.2. The first-order valence-electron chi connectivity index (χ1n) is 6.96. The topological polar surface area (TPSA) is 38.0 Å². The van der Waals surface area contributed by atoms with Crippen LogP contribution in [0.2, 0.25) is 0 Å².